The van der Waals surface area contributed by atoms with Crippen molar-refractivity contribution in [2.75, 3.05) is 31.5 Å². The first-order valence-electron chi connectivity index (χ1n) is 8.40. The molecule has 1 heterocycles. The molecule has 0 aliphatic heterocycles. The van der Waals surface area contributed by atoms with Crippen LogP contribution in [0.25, 0.3) is 0 Å². The molecule has 3 aromatic rings. The Morgan fingerprint density at radius 1 is 1.00 bits per heavy atom. The first-order valence-corrected chi connectivity index (χ1v) is 8.40. The molecule has 1 N–H and O–H groups in total. The minimum absolute atomic E-state index is 0.126. The van der Waals surface area contributed by atoms with Gasteiger partial charge in [-0.25, -0.2) is 4.98 Å². The molecule has 0 unspecified atom stereocenters. The van der Waals surface area contributed by atoms with Crippen molar-refractivity contribution in [1.82, 2.24) is 4.98 Å². The number of nitrogens with one attached hydrogen (secondary N) is 1. The largest absolute Gasteiger partial charge is 0.497 e. The molecule has 6 heteroatoms. The number of methoxy groups -OCH3 is 2. The number of hydrogen-bond donors (Lipinski definition) is 1. The van der Waals surface area contributed by atoms with E-state index < -0.39 is 0 Å². The third-order valence-corrected chi connectivity index (χ3v) is 4.13. The molecule has 2 aromatic carbocycles. The van der Waals surface area contributed by atoms with Crippen LogP contribution >= 0.6 is 0 Å². The van der Waals surface area contributed by atoms with E-state index in [9.17, 15) is 4.79 Å². The molecule has 0 saturated carbocycles. The predicted molar refractivity (Wildman–Crippen MR) is 106 cm³/mol. The van der Waals surface area contributed by atoms with Crippen LogP contribution in [0.3, 0.4) is 0 Å². The van der Waals surface area contributed by atoms with Gasteiger partial charge >= 0.3 is 0 Å². The Hall–Kier alpha value is -3.54. The van der Waals surface area contributed by atoms with Gasteiger partial charge in [-0.1, -0.05) is 18.2 Å². The number of hydrogen-bond acceptors (Lipinski definition) is 5. The van der Waals surface area contributed by atoms with Gasteiger partial charge < -0.3 is 19.7 Å². The van der Waals surface area contributed by atoms with Crippen molar-refractivity contribution in [1.29, 1.82) is 0 Å². The van der Waals surface area contributed by atoms with E-state index in [0.29, 0.717) is 22.9 Å². The lowest BCUT2D eigenvalue weighted by molar-refractivity contribution is 0.0992. The minimum atomic E-state index is -0.126. The topological polar surface area (TPSA) is 63.7 Å². The molecule has 0 saturated heterocycles. The summed E-state index contributed by atoms with van der Waals surface area (Å²) in [6.45, 7) is 0. The van der Waals surface area contributed by atoms with Gasteiger partial charge in [0.25, 0.3) is 5.91 Å². The number of benzene rings is 2. The SMILES string of the molecule is COc1ccc(OC)c(Nc2ccc(C(=O)N(C)c3ccccc3)cn2)c1. The average Bonchev–Trinajstić information content (AvgIpc) is 2.73. The minimum Gasteiger partial charge on any atom is -0.497 e. The molecule has 0 spiro atoms. The molecule has 6 nitrogen and oxygen atoms in total. The fourth-order valence-electron chi connectivity index (χ4n) is 2.61. The van der Waals surface area contributed by atoms with E-state index in [0.717, 1.165) is 11.4 Å². The number of ether oxygens (including phenoxy) is 2. The van der Waals surface area contributed by atoms with Crippen molar-refractivity contribution in [3.8, 4) is 11.5 Å². The summed E-state index contributed by atoms with van der Waals surface area (Å²) in [5, 5.41) is 3.18. The lowest BCUT2D eigenvalue weighted by atomic mass is 10.2. The molecule has 27 heavy (non-hydrogen) atoms. The molecular formula is C21H21N3O3. The Morgan fingerprint density at radius 2 is 1.78 bits per heavy atom. The van der Waals surface area contributed by atoms with Gasteiger partial charge in [-0.2, -0.15) is 0 Å². The molecule has 1 aromatic heterocycles. The summed E-state index contributed by atoms with van der Waals surface area (Å²) in [4.78, 5) is 18.6. The number of rotatable bonds is 6. The maximum atomic E-state index is 12.6. The quantitative estimate of drug-likeness (QED) is 0.714. The van der Waals surface area contributed by atoms with Gasteiger partial charge in [-0.3, -0.25) is 4.79 Å². The van der Waals surface area contributed by atoms with E-state index in [2.05, 4.69) is 10.3 Å². The van der Waals surface area contributed by atoms with Gasteiger partial charge in [0.1, 0.15) is 17.3 Å². The molecule has 0 fully saturated rings. The van der Waals surface area contributed by atoms with Crippen LogP contribution in [-0.2, 0) is 0 Å². The number of amides is 1. The second-order valence-electron chi connectivity index (χ2n) is 5.82. The van der Waals surface area contributed by atoms with Crippen molar-refractivity contribution in [3.05, 3.63) is 72.4 Å². The van der Waals surface area contributed by atoms with Gasteiger partial charge in [0, 0.05) is 25.0 Å². The molecule has 138 valence electrons. The first kappa shape index (κ1) is 18.3. The van der Waals surface area contributed by atoms with Crippen LogP contribution in [0.15, 0.2) is 66.9 Å². The first-order chi connectivity index (χ1) is 13.1. The number of para-hydroxylation sites is 1. The summed E-state index contributed by atoms with van der Waals surface area (Å²) in [7, 11) is 4.94. The Bertz CT molecular complexity index is 912. The molecule has 0 radical (unpaired) electrons. The fourth-order valence-corrected chi connectivity index (χ4v) is 2.61. The van der Waals surface area contributed by atoms with Crippen molar-refractivity contribution < 1.29 is 14.3 Å². The molecule has 0 bridgehead atoms. The van der Waals surface area contributed by atoms with Crippen molar-refractivity contribution in [2.24, 2.45) is 0 Å². The lowest BCUT2D eigenvalue weighted by Gasteiger charge is -2.17. The van der Waals surface area contributed by atoms with Crippen LogP contribution in [0, 0.1) is 0 Å². The third kappa shape index (κ3) is 4.17. The zero-order valence-corrected chi connectivity index (χ0v) is 15.5. The van der Waals surface area contributed by atoms with E-state index in [1.807, 2.05) is 48.5 Å². The van der Waals surface area contributed by atoms with E-state index in [1.54, 1.807) is 44.5 Å². The van der Waals surface area contributed by atoms with Crippen LogP contribution in [-0.4, -0.2) is 32.2 Å². The highest BCUT2D eigenvalue weighted by atomic mass is 16.5. The van der Waals surface area contributed by atoms with Crippen LogP contribution in [0.5, 0.6) is 11.5 Å². The predicted octanol–water partition coefficient (Wildman–Crippen LogP) is 4.12. The molecule has 0 aliphatic carbocycles. The summed E-state index contributed by atoms with van der Waals surface area (Å²) in [6, 6.07) is 18.4. The highest BCUT2D eigenvalue weighted by molar-refractivity contribution is 6.05. The highest BCUT2D eigenvalue weighted by Gasteiger charge is 2.14. The number of nitrogens with zero attached hydrogens (tertiary/aromatic N) is 2. The maximum Gasteiger partial charge on any atom is 0.259 e. The smallest absolute Gasteiger partial charge is 0.259 e. The molecule has 0 aliphatic rings. The summed E-state index contributed by atoms with van der Waals surface area (Å²) < 4.78 is 10.6. The number of pyridine rings is 1. The molecule has 3 rings (SSSR count). The third-order valence-electron chi connectivity index (χ3n) is 4.13. The average molecular weight is 363 g/mol. The number of aromatic nitrogens is 1. The van der Waals surface area contributed by atoms with Gasteiger partial charge in [0.15, 0.2) is 0 Å². The Balaban J connectivity index is 1.77. The molecule has 0 atom stereocenters. The van der Waals surface area contributed by atoms with Crippen LogP contribution in [0.2, 0.25) is 0 Å². The fraction of sp³-hybridized carbons (Fsp3) is 0.143. The van der Waals surface area contributed by atoms with Gasteiger partial charge in [-0.15, -0.1) is 0 Å². The Morgan fingerprint density at radius 3 is 2.41 bits per heavy atom. The standard InChI is InChI=1S/C21H21N3O3/c1-24(16-7-5-4-6-8-16)21(25)15-9-12-20(22-14-15)23-18-13-17(26-2)10-11-19(18)27-3/h4-14H,1-3H3,(H,22,23). The summed E-state index contributed by atoms with van der Waals surface area (Å²) in [6.07, 6.45) is 1.55. The van der Waals surface area contributed by atoms with Crippen molar-refractivity contribution >= 4 is 23.1 Å². The second-order valence-corrected chi connectivity index (χ2v) is 5.82. The Labute approximate surface area is 158 Å². The molecule has 1 amide bonds. The normalized spacial score (nSPS) is 10.2. The number of anilines is 3. The van der Waals surface area contributed by atoms with Crippen LogP contribution in [0.1, 0.15) is 10.4 Å². The second kappa shape index (κ2) is 8.23. The van der Waals surface area contributed by atoms with E-state index in [1.165, 1.54) is 0 Å². The van der Waals surface area contributed by atoms with Crippen LogP contribution in [0.4, 0.5) is 17.2 Å². The van der Waals surface area contributed by atoms with E-state index in [4.69, 9.17) is 9.47 Å². The van der Waals surface area contributed by atoms with E-state index >= 15 is 0 Å². The lowest BCUT2D eigenvalue weighted by Crippen LogP contribution is -2.26. The van der Waals surface area contributed by atoms with Gasteiger partial charge in [0.05, 0.1) is 25.5 Å². The summed E-state index contributed by atoms with van der Waals surface area (Å²) in [5.74, 6) is 1.84. The Kier molecular flexibility index (Phi) is 5.56. The summed E-state index contributed by atoms with van der Waals surface area (Å²) in [5.41, 5.74) is 2.06. The molecular weight excluding hydrogens is 342 g/mol. The van der Waals surface area contributed by atoms with Gasteiger partial charge in [-0.05, 0) is 36.4 Å². The van der Waals surface area contributed by atoms with E-state index in [-0.39, 0.29) is 5.91 Å². The number of carbonyl (C=O) groups is 1. The zero-order chi connectivity index (χ0) is 19.2. The monoisotopic (exact) mass is 363 g/mol. The maximum absolute atomic E-state index is 12.6. The van der Waals surface area contributed by atoms with Crippen molar-refractivity contribution in [2.45, 2.75) is 0 Å². The van der Waals surface area contributed by atoms with Gasteiger partial charge in [0.2, 0.25) is 0 Å². The number of carbonyl (C=O) groups excluding carboxylic acids is 1. The van der Waals surface area contributed by atoms with Crippen LogP contribution < -0.4 is 19.7 Å². The van der Waals surface area contributed by atoms with Crippen molar-refractivity contribution in [3.63, 3.8) is 0 Å². The highest BCUT2D eigenvalue weighted by Crippen LogP contribution is 2.31. The zero-order valence-electron chi connectivity index (χ0n) is 15.5. The summed E-state index contributed by atoms with van der Waals surface area (Å²) >= 11 is 0.